The molecule has 0 saturated carbocycles. The van der Waals surface area contributed by atoms with E-state index in [-0.39, 0.29) is 17.9 Å². The van der Waals surface area contributed by atoms with Gasteiger partial charge in [-0.1, -0.05) is 6.07 Å². The van der Waals surface area contributed by atoms with Crippen molar-refractivity contribution in [2.75, 3.05) is 13.1 Å². The van der Waals surface area contributed by atoms with Gasteiger partial charge in [-0.05, 0) is 37.6 Å². The van der Waals surface area contributed by atoms with Crippen LogP contribution < -0.4 is 0 Å². The van der Waals surface area contributed by atoms with Gasteiger partial charge in [0, 0.05) is 19.1 Å². The molecule has 3 heterocycles. The summed E-state index contributed by atoms with van der Waals surface area (Å²) in [5, 5.41) is 11.1. The molecule has 0 bridgehead atoms. The fraction of sp³-hybridized carbons (Fsp3) is 0.562. The summed E-state index contributed by atoms with van der Waals surface area (Å²) in [6, 6.07) is 2.82. The molecule has 0 aliphatic carbocycles. The fourth-order valence-corrected chi connectivity index (χ4v) is 4.26. The second-order valence-electron chi connectivity index (χ2n) is 6.14. The third-order valence-corrected chi connectivity index (χ3v) is 5.74. The minimum absolute atomic E-state index is 0.0996. The number of hydrogen-bond donors (Lipinski definition) is 1. The van der Waals surface area contributed by atoms with Crippen molar-refractivity contribution in [2.24, 2.45) is 5.92 Å². The van der Waals surface area contributed by atoms with Crippen LogP contribution >= 0.6 is 11.3 Å². The number of thiophene rings is 1. The molecule has 3 rings (SSSR count). The number of carboxylic acids is 1. The molecule has 0 aromatic carbocycles. The number of aliphatic carboxylic acids is 1. The van der Waals surface area contributed by atoms with Crippen LogP contribution in [0.25, 0.3) is 0 Å². The smallest absolute Gasteiger partial charge is 0.308 e. The lowest BCUT2D eigenvalue weighted by Gasteiger charge is -2.30. The molecule has 6 nitrogen and oxygen atoms in total. The molecule has 1 N–H and O–H groups in total. The van der Waals surface area contributed by atoms with Crippen LogP contribution in [0, 0.1) is 5.92 Å². The maximum Gasteiger partial charge on any atom is 0.308 e. The lowest BCUT2D eigenvalue weighted by Crippen LogP contribution is -2.49. The third-order valence-electron chi connectivity index (χ3n) is 4.89. The normalized spacial score (nSPS) is 27.4. The van der Waals surface area contributed by atoms with Crippen LogP contribution in [0.4, 0.5) is 0 Å². The Bertz CT molecular complexity index is 616. The van der Waals surface area contributed by atoms with E-state index in [1.54, 1.807) is 22.8 Å². The first-order valence-corrected chi connectivity index (χ1v) is 8.76. The fourth-order valence-electron chi connectivity index (χ4n) is 3.58. The molecular formula is C16H20N2O4S. The van der Waals surface area contributed by atoms with Crippen LogP contribution in [0.5, 0.6) is 0 Å². The van der Waals surface area contributed by atoms with Gasteiger partial charge in [-0.3, -0.25) is 14.4 Å². The second kappa shape index (κ2) is 6.31. The Morgan fingerprint density at radius 3 is 2.61 bits per heavy atom. The molecule has 2 fully saturated rings. The molecule has 0 radical (unpaired) electrons. The molecule has 0 spiro atoms. The molecule has 2 saturated heterocycles. The van der Waals surface area contributed by atoms with E-state index in [2.05, 4.69) is 0 Å². The van der Waals surface area contributed by atoms with Crippen molar-refractivity contribution in [1.82, 2.24) is 9.80 Å². The van der Waals surface area contributed by atoms with E-state index < -0.39 is 17.9 Å². The topological polar surface area (TPSA) is 77.9 Å². The van der Waals surface area contributed by atoms with E-state index in [1.807, 2.05) is 11.4 Å². The Hall–Kier alpha value is -1.89. The molecule has 7 heteroatoms. The van der Waals surface area contributed by atoms with Crippen LogP contribution in [-0.4, -0.2) is 57.9 Å². The first-order chi connectivity index (χ1) is 11.0. The summed E-state index contributed by atoms with van der Waals surface area (Å²) in [6.07, 6.45) is 1.93. The SMILES string of the molecule is CC1C(C(=O)O)CCN1C(=O)C1CCCN1C(=O)c1cccs1. The Morgan fingerprint density at radius 2 is 2.00 bits per heavy atom. The van der Waals surface area contributed by atoms with Gasteiger partial charge in [0.1, 0.15) is 6.04 Å². The number of carbonyl (C=O) groups is 3. The standard InChI is InChI=1S/C16H20N2O4S/c1-10-11(16(21)22)6-8-17(10)14(19)12-4-2-7-18(12)15(20)13-5-3-9-23-13/h3,5,9-12H,2,4,6-8H2,1H3,(H,21,22). The molecule has 1 aromatic rings. The van der Waals surface area contributed by atoms with Gasteiger partial charge in [0.05, 0.1) is 10.8 Å². The molecule has 1 aromatic heterocycles. The van der Waals surface area contributed by atoms with Gasteiger partial charge < -0.3 is 14.9 Å². The Balaban J connectivity index is 1.74. The van der Waals surface area contributed by atoms with Crippen LogP contribution in [0.3, 0.4) is 0 Å². The summed E-state index contributed by atoms with van der Waals surface area (Å²) >= 11 is 1.37. The Kier molecular flexibility index (Phi) is 4.39. The minimum Gasteiger partial charge on any atom is -0.481 e. The minimum atomic E-state index is -0.856. The highest BCUT2D eigenvalue weighted by atomic mass is 32.1. The average Bonchev–Trinajstić information content (AvgIpc) is 3.26. The van der Waals surface area contributed by atoms with E-state index in [0.29, 0.717) is 30.8 Å². The zero-order chi connectivity index (χ0) is 16.6. The van der Waals surface area contributed by atoms with Crippen LogP contribution in [0.2, 0.25) is 0 Å². The summed E-state index contributed by atoms with van der Waals surface area (Å²) < 4.78 is 0. The average molecular weight is 336 g/mol. The molecule has 3 atom stereocenters. The summed E-state index contributed by atoms with van der Waals surface area (Å²) in [5.74, 6) is -1.58. The van der Waals surface area contributed by atoms with Crippen molar-refractivity contribution in [3.05, 3.63) is 22.4 Å². The molecule has 2 aliphatic heterocycles. The van der Waals surface area contributed by atoms with Gasteiger partial charge in [-0.15, -0.1) is 11.3 Å². The lowest BCUT2D eigenvalue weighted by molar-refractivity contribution is -0.143. The molecule has 23 heavy (non-hydrogen) atoms. The van der Waals surface area contributed by atoms with Gasteiger partial charge in [-0.25, -0.2) is 0 Å². The quantitative estimate of drug-likeness (QED) is 0.911. The largest absolute Gasteiger partial charge is 0.481 e. The number of carbonyl (C=O) groups excluding carboxylic acids is 2. The van der Waals surface area contributed by atoms with Crippen molar-refractivity contribution in [3.8, 4) is 0 Å². The predicted molar refractivity (Wildman–Crippen MR) is 85.3 cm³/mol. The second-order valence-corrected chi connectivity index (χ2v) is 7.09. The summed E-state index contributed by atoms with van der Waals surface area (Å²) in [7, 11) is 0. The Morgan fingerprint density at radius 1 is 1.22 bits per heavy atom. The van der Waals surface area contributed by atoms with Crippen molar-refractivity contribution < 1.29 is 19.5 Å². The first kappa shape index (κ1) is 16.0. The van der Waals surface area contributed by atoms with Crippen LogP contribution in [0.1, 0.15) is 35.9 Å². The number of carboxylic acid groups (broad SMARTS) is 1. The van der Waals surface area contributed by atoms with E-state index in [4.69, 9.17) is 0 Å². The predicted octanol–water partition coefficient (Wildman–Crippen LogP) is 1.67. The lowest BCUT2D eigenvalue weighted by atomic mass is 10.0. The van der Waals surface area contributed by atoms with Gasteiger partial charge >= 0.3 is 5.97 Å². The highest BCUT2D eigenvalue weighted by Crippen LogP contribution is 2.29. The number of amides is 2. The van der Waals surface area contributed by atoms with E-state index >= 15 is 0 Å². The van der Waals surface area contributed by atoms with Gasteiger partial charge in [0.15, 0.2) is 0 Å². The number of hydrogen-bond acceptors (Lipinski definition) is 4. The van der Waals surface area contributed by atoms with E-state index in [1.165, 1.54) is 11.3 Å². The zero-order valence-electron chi connectivity index (χ0n) is 13.0. The molecule has 2 amide bonds. The molecule has 124 valence electrons. The Labute approximate surface area is 138 Å². The highest BCUT2D eigenvalue weighted by Gasteiger charge is 2.43. The van der Waals surface area contributed by atoms with Crippen molar-refractivity contribution in [1.29, 1.82) is 0 Å². The maximum absolute atomic E-state index is 12.9. The molecular weight excluding hydrogens is 316 g/mol. The van der Waals surface area contributed by atoms with Crippen molar-refractivity contribution >= 4 is 29.1 Å². The van der Waals surface area contributed by atoms with Crippen LogP contribution in [-0.2, 0) is 9.59 Å². The number of rotatable bonds is 3. The third kappa shape index (κ3) is 2.85. The zero-order valence-corrected chi connectivity index (χ0v) is 13.8. The number of likely N-dealkylation sites (tertiary alicyclic amines) is 2. The molecule has 3 unspecified atom stereocenters. The van der Waals surface area contributed by atoms with E-state index in [9.17, 15) is 19.5 Å². The highest BCUT2D eigenvalue weighted by molar-refractivity contribution is 7.12. The number of nitrogens with zero attached hydrogens (tertiary/aromatic N) is 2. The maximum atomic E-state index is 12.9. The molecule has 2 aliphatic rings. The summed E-state index contributed by atoms with van der Waals surface area (Å²) in [4.78, 5) is 40.6. The van der Waals surface area contributed by atoms with Gasteiger partial charge in [-0.2, -0.15) is 0 Å². The first-order valence-electron chi connectivity index (χ1n) is 7.88. The van der Waals surface area contributed by atoms with Crippen molar-refractivity contribution in [2.45, 2.75) is 38.3 Å². The van der Waals surface area contributed by atoms with E-state index in [0.717, 1.165) is 6.42 Å². The summed E-state index contributed by atoms with van der Waals surface area (Å²) in [5.41, 5.74) is 0. The van der Waals surface area contributed by atoms with Crippen molar-refractivity contribution in [3.63, 3.8) is 0 Å². The monoisotopic (exact) mass is 336 g/mol. The van der Waals surface area contributed by atoms with Gasteiger partial charge in [0.2, 0.25) is 5.91 Å². The summed E-state index contributed by atoms with van der Waals surface area (Å²) in [6.45, 7) is 2.82. The van der Waals surface area contributed by atoms with Crippen LogP contribution in [0.15, 0.2) is 17.5 Å². The van der Waals surface area contributed by atoms with Gasteiger partial charge in [0.25, 0.3) is 5.91 Å².